The second-order valence-corrected chi connectivity index (χ2v) is 10.6. The number of nitrogens with zero attached hydrogens (tertiary/aromatic N) is 5. The van der Waals surface area contributed by atoms with Gasteiger partial charge in [0.05, 0.1) is 5.56 Å². The number of carbonyl (C=O) groups excluding carboxylic acids is 2. The Labute approximate surface area is 197 Å². The first-order valence-electron chi connectivity index (χ1n) is 10.8. The van der Waals surface area contributed by atoms with Gasteiger partial charge in [0.15, 0.2) is 0 Å². The fraction of sp³-hybridized carbons (Fsp3) is 0.476. The quantitative estimate of drug-likeness (QED) is 0.659. The van der Waals surface area contributed by atoms with Crippen LogP contribution < -0.4 is 10.6 Å². The molecular weight excluding hydrogens is 468 g/mol. The Bertz CT molecular complexity index is 1130. The zero-order valence-electron chi connectivity index (χ0n) is 18.4. The van der Waals surface area contributed by atoms with Crippen molar-refractivity contribution in [3.63, 3.8) is 0 Å². The van der Waals surface area contributed by atoms with Crippen molar-refractivity contribution in [3.8, 4) is 0 Å². The molecule has 3 heterocycles. The molecule has 4 rings (SSSR count). The maximum Gasteiger partial charge on any atom is 0.263 e. The van der Waals surface area contributed by atoms with E-state index >= 15 is 0 Å². The minimum Gasteiger partial charge on any atom is -0.369 e. The SMILES string of the molecule is Cn1cc(C(=O)N2CCC(C(N)=O)CC2)c(S(=O)(=O)N2CCN(c3ccc(Cl)cc3)CC2)n1. The Balaban J connectivity index is 1.48. The number of anilines is 1. The summed E-state index contributed by atoms with van der Waals surface area (Å²) < 4.78 is 29.6. The maximum atomic E-state index is 13.4. The predicted octanol–water partition coefficient (Wildman–Crippen LogP) is 0.922. The van der Waals surface area contributed by atoms with E-state index in [-0.39, 0.29) is 35.5 Å². The average molecular weight is 495 g/mol. The molecule has 10 nitrogen and oxygen atoms in total. The van der Waals surface area contributed by atoms with Crippen molar-refractivity contribution in [2.75, 3.05) is 44.2 Å². The van der Waals surface area contributed by atoms with E-state index in [0.29, 0.717) is 44.0 Å². The Hall–Kier alpha value is -2.63. The second kappa shape index (κ2) is 9.32. The lowest BCUT2D eigenvalue weighted by Crippen LogP contribution is -2.49. The lowest BCUT2D eigenvalue weighted by molar-refractivity contribution is -0.123. The van der Waals surface area contributed by atoms with Gasteiger partial charge in [-0.15, -0.1) is 0 Å². The van der Waals surface area contributed by atoms with Gasteiger partial charge in [0.1, 0.15) is 0 Å². The molecule has 2 N–H and O–H groups in total. The second-order valence-electron chi connectivity index (χ2n) is 8.36. The van der Waals surface area contributed by atoms with Gasteiger partial charge < -0.3 is 15.5 Å². The minimum atomic E-state index is -3.96. The number of amides is 2. The molecule has 0 spiro atoms. The summed E-state index contributed by atoms with van der Waals surface area (Å²) in [6, 6.07) is 7.42. The highest BCUT2D eigenvalue weighted by molar-refractivity contribution is 7.89. The van der Waals surface area contributed by atoms with E-state index in [1.165, 1.54) is 15.2 Å². The standard InChI is InChI=1S/C21H27ClN6O4S/c1-25-14-18(21(30)27-8-6-15(7-9-27)19(23)29)20(24-25)33(31,32)28-12-10-26(11-13-28)17-4-2-16(22)3-5-17/h2-5,14-15H,6-13H2,1H3,(H2,23,29). The van der Waals surface area contributed by atoms with Gasteiger partial charge in [0.2, 0.25) is 10.9 Å². The number of piperidine rings is 1. The summed E-state index contributed by atoms with van der Waals surface area (Å²) in [5, 5.41) is 4.56. The molecule has 0 unspecified atom stereocenters. The third-order valence-corrected chi connectivity index (χ3v) is 8.31. The Morgan fingerprint density at radius 3 is 2.21 bits per heavy atom. The van der Waals surface area contributed by atoms with Crippen LogP contribution in [0.4, 0.5) is 5.69 Å². The summed E-state index contributed by atoms with van der Waals surface area (Å²) in [6.07, 6.45) is 2.38. The summed E-state index contributed by atoms with van der Waals surface area (Å²) in [6.45, 7) is 2.27. The number of hydrogen-bond donors (Lipinski definition) is 1. The van der Waals surface area contributed by atoms with Crippen LogP contribution in [0.5, 0.6) is 0 Å². The molecule has 2 aliphatic heterocycles. The summed E-state index contributed by atoms with van der Waals surface area (Å²) in [4.78, 5) is 28.2. The van der Waals surface area contributed by atoms with E-state index in [1.807, 2.05) is 12.1 Å². The van der Waals surface area contributed by atoms with Crippen molar-refractivity contribution in [1.29, 1.82) is 0 Å². The Morgan fingerprint density at radius 2 is 1.64 bits per heavy atom. The smallest absolute Gasteiger partial charge is 0.263 e. The molecule has 33 heavy (non-hydrogen) atoms. The number of piperazine rings is 1. The molecule has 2 amide bonds. The maximum absolute atomic E-state index is 13.4. The highest BCUT2D eigenvalue weighted by Crippen LogP contribution is 2.26. The van der Waals surface area contributed by atoms with Crippen LogP contribution in [0.3, 0.4) is 0 Å². The molecule has 0 aliphatic carbocycles. The molecule has 1 aromatic heterocycles. The van der Waals surface area contributed by atoms with Crippen molar-refractivity contribution in [1.82, 2.24) is 19.0 Å². The molecule has 2 fully saturated rings. The number of benzene rings is 1. The van der Waals surface area contributed by atoms with Gasteiger partial charge in [-0.3, -0.25) is 14.3 Å². The van der Waals surface area contributed by atoms with Gasteiger partial charge >= 0.3 is 0 Å². The first kappa shape index (κ1) is 23.5. The normalized spacial score (nSPS) is 18.5. The van der Waals surface area contributed by atoms with Crippen LogP contribution in [0.25, 0.3) is 0 Å². The summed E-state index contributed by atoms with van der Waals surface area (Å²) in [5.41, 5.74) is 6.40. The number of halogens is 1. The van der Waals surface area contributed by atoms with Crippen LogP contribution in [0, 0.1) is 5.92 Å². The van der Waals surface area contributed by atoms with Gasteiger partial charge in [0, 0.05) is 69.1 Å². The first-order chi connectivity index (χ1) is 15.7. The number of sulfonamides is 1. The van der Waals surface area contributed by atoms with Crippen LogP contribution in [-0.2, 0) is 21.9 Å². The fourth-order valence-electron chi connectivity index (χ4n) is 4.30. The Morgan fingerprint density at radius 1 is 1.03 bits per heavy atom. The highest BCUT2D eigenvalue weighted by Gasteiger charge is 2.36. The molecule has 0 radical (unpaired) electrons. The van der Waals surface area contributed by atoms with Crippen LogP contribution in [0.2, 0.25) is 5.02 Å². The number of hydrogen-bond acceptors (Lipinski definition) is 6. The van der Waals surface area contributed by atoms with E-state index < -0.39 is 15.9 Å². The van der Waals surface area contributed by atoms with Crippen molar-refractivity contribution < 1.29 is 18.0 Å². The zero-order chi connectivity index (χ0) is 23.8. The third kappa shape index (κ3) is 4.85. The third-order valence-electron chi connectivity index (χ3n) is 6.22. The number of aryl methyl sites for hydroxylation is 1. The van der Waals surface area contributed by atoms with E-state index in [4.69, 9.17) is 17.3 Å². The van der Waals surface area contributed by atoms with Gasteiger partial charge in [0.25, 0.3) is 15.9 Å². The molecular formula is C21H27ClN6O4S. The number of aromatic nitrogens is 2. The van der Waals surface area contributed by atoms with Crippen molar-refractivity contribution in [3.05, 3.63) is 41.0 Å². The molecule has 0 bridgehead atoms. The summed E-state index contributed by atoms with van der Waals surface area (Å²) >= 11 is 5.95. The summed E-state index contributed by atoms with van der Waals surface area (Å²) in [5.74, 6) is -1.03. The van der Waals surface area contributed by atoms with Crippen LogP contribution >= 0.6 is 11.6 Å². The van der Waals surface area contributed by atoms with Gasteiger partial charge in [-0.05, 0) is 37.1 Å². The summed E-state index contributed by atoms with van der Waals surface area (Å²) in [7, 11) is -2.37. The molecule has 1 aromatic carbocycles. The molecule has 2 aromatic rings. The molecule has 0 atom stereocenters. The van der Waals surface area contributed by atoms with Crippen LogP contribution in [0.15, 0.2) is 35.5 Å². The van der Waals surface area contributed by atoms with Crippen molar-refractivity contribution in [2.45, 2.75) is 17.9 Å². The van der Waals surface area contributed by atoms with Gasteiger partial charge in [-0.25, -0.2) is 8.42 Å². The number of carbonyl (C=O) groups is 2. The van der Waals surface area contributed by atoms with Crippen LogP contribution in [-0.4, -0.2) is 78.5 Å². The lowest BCUT2D eigenvalue weighted by Gasteiger charge is -2.35. The predicted molar refractivity (Wildman–Crippen MR) is 123 cm³/mol. The van der Waals surface area contributed by atoms with E-state index in [9.17, 15) is 18.0 Å². The monoisotopic (exact) mass is 494 g/mol. The van der Waals surface area contributed by atoms with Gasteiger partial charge in [-0.2, -0.15) is 9.40 Å². The molecule has 178 valence electrons. The number of likely N-dealkylation sites (tertiary alicyclic amines) is 1. The fourth-order valence-corrected chi connectivity index (χ4v) is 5.97. The topological polar surface area (TPSA) is 122 Å². The first-order valence-corrected chi connectivity index (χ1v) is 12.6. The Kier molecular flexibility index (Phi) is 6.64. The van der Waals surface area contributed by atoms with E-state index in [1.54, 1.807) is 24.1 Å². The lowest BCUT2D eigenvalue weighted by atomic mass is 9.96. The van der Waals surface area contributed by atoms with Crippen LogP contribution in [0.1, 0.15) is 23.2 Å². The molecule has 0 saturated carbocycles. The zero-order valence-corrected chi connectivity index (χ0v) is 19.9. The number of primary amides is 1. The minimum absolute atomic E-state index is 0.0511. The molecule has 12 heteroatoms. The molecule has 2 aliphatic rings. The van der Waals surface area contributed by atoms with Crippen molar-refractivity contribution in [2.24, 2.45) is 18.7 Å². The average Bonchev–Trinajstić information content (AvgIpc) is 3.22. The highest BCUT2D eigenvalue weighted by atomic mass is 35.5. The van der Waals surface area contributed by atoms with E-state index in [0.717, 1.165) is 5.69 Å². The molecule has 2 saturated heterocycles. The van der Waals surface area contributed by atoms with Crippen molar-refractivity contribution >= 4 is 39.1 Å². The number of nitrogens with two attached hydrogens (primary N) is 1. The number of rotatable bonds is 5. The van der Waals surface area contributed by atoms with Gasteiger partial charge in [-0.1, -0.05) is 11.6 Å². The largest absolute Gasteiger partial charge is 0.369 e. The van der Waals surface area contributed by atoms with E-state index in [2.05, 4.69) is 10.00 Å².